The lowest BCUT2D eigenvalue weighted by Gasteiger charge is -2.30. The molecule has 156 valence electrons. The third kappa shape index (κ3) is 3.93. The van der Waals surface area contributed by atoms with Crippen molar-refractivity contribution in [3.05, 3.63) is 93.5 Å². The summed E-state index contributed by atoms with van der Waals surface area (Å²) in [5, 5.41) is 8.58. The Kier molecular flexibility index (Phi) is 5.20. The predicted octanol–water partition coefficient (Wildman–Crippen LogP) is 5.29. The van der Waals surface area contributed by atoms with E-state index < -0.39 is 0 Å². The standard InChI is InChI=1S/C25H24ClN5/c1-16-21(13-18-7-4-3-5-8-18)25(28-17(2)27-16)31-12-11-23-22(15-31)24(30-29-23)19-9-6-10-20(26)14-19/h3-10,14H,11-13,15H2,1-2H3,(H,29,30). The topological polar surface area (TPSA) is 57.7 Å². The second-order valence-corrected chi connectivity index (χ2v) is 8.47. The number of rotatable bonds is 4. The van der Waals surface area contributed by atoms with Gasteiger partial charge in [-0.3, -0.25) is 5.10 Å². The molecule has 3 heterocycles. The van der Waals surface area contributed by atoms with Gasteiger partial charge in [0.1, 0.15) is 11.6 Å². The summed E-state index contributed by atoms with van der Waals surface area (Å²) in [6, 6.07) is 18.4. The van der Waals surface area contributed by atoms with Crippen LogP contribution in [0.25, 0.3) is 11.3 Å². The zero-order valence-corrected chi connectivity index (χ0v) is 18.4. The Morgan fingerprint density at radius 3 is 2.68 bits per heavy atom. The highest BCUT2D eigenvalue weighted by Crippen LogP contribution is 2.33. The molecule has 31 heavy (non-hydrogen) atoms. The van der Waals surface area contributed by atoms with Crippen LogP contribution < -0.4 is 4.90 Å². The van der Waals surface area contributed by atoms with Gasteiger partial charge in [0.15, 0.2) is 0 Å². The smallest absolute Gasteiger partial charge is 0.136 e. The molecule has 5 rings (SSSR count). The number of aryl methyl sites for hydroxylation is 2. The molecule has 0 aliphatic carbocycles. The Labute approximate surface area is 187 Å². The number of aromatic nitrogens is 4. The van der Waals surface area contributed by atoms with E-state index >= 15 is 0 Å². The molecule has 5 nitrogen and oxygen atoms in total. The third-order valence-corrected chi connectivity index (χ3v) is 6.09. The molecular formula is C25H24ClN5. The summed E-state index contributed by atoms with van der Waals surface area (Å²) in [5.41, 5.74) is 7.90. The number of hydrogen-bond donors (Lipinski definition) is 1. The SMILES string of the molecule is Cc1nc(C)c(Cc2ccccc2)c(N2CCc3[nH]nc(-c4cccc(Cl)c4)c3C2)n1. The summed E-state index contributed by atoms with van der Waals surface area (Å²) in [5.74, 6) is 1.83. The maximum absolute atomic E-state index is 6.24. The molecule has 6 heteroatoms. The lowest BCUT2D eigenvalue weighted by atomic mass is 9.99. The summed E-state index contributed by atoms with van der Waals surface area (Å²) in [6.45, 7) is 5.70. The minimum Gasteiger partial charge on any atom is -0.351 e. The Morgan fingerprint density at radius 1 is 1.03 bits per heavy atom. The normalized spacial score (nSPS) is 13.3. The number of benzene rings is 2. The highest BCUT2D eigenvalue weighted by atomic mass is 35.5. The Morgan fingerprint density at radius 2 is 1.87 bits per heavy atom. The zero-order chi connectivity index (χ0) is 21.4. The van der Waals surface area contributed by atoms with Crippen LogP contribution in [0.5, 0.6) is 0 Å². The van der Waals surface area contributed by atoms with E-state index in [4.69, 9.17) is 16.6 Å². The quantitative estimate of drug-likeness (QED) is 0.478. The molecule has 0 atom stereocenters. The van der Waals surface area contributed by atoms with Crippen LogP contribution in [-0.4, -0.2) is 26.7 Å². The average Bonchev–Trinajstić information content (AvgIpc) is 3.19. The van der Waals surface area contributed by atoms with Gasteiger partial charge in [0.25, 0.3) is 0 Å². The summed E-state index contributed by atoms with van der Waals surface area (Å²) >= 11 is 6.24. The van der Waals surface area contributed by atoms with E-state index in [0.717, 1.165) is 54.5 Å². The van der Waals surface area contributed by atoms with Crippen LogP contribution >= 0.6 is 11.6 Å². The van der Waals surface area contributed by atoms with Crippen LogP contribution in [0.1, 0.15) is 33.9 Å². The molecule has 2 aromatic heterocycles. The molecule has 2 aromatic carbocycles. The second-order valence-electron chi connectivity index (χ2n) is 8.03. The maximum Gasteiger partial charge on any atom is 0.136 e. The molecule has 1 N–H and O–H groups in total. The molecule has 0 saturated heterocycles. The monoisotopic (exact) mass is 429 g/mol. The van der Waals surface area contributed by atoms with Gasteiger partial charge in [-0.1, -0.05) is 54.1 Å². The van der Waals surface area contributed by atoms with Crippen LogP contribution in [0.15, 0.2) is 54.6 Å². The predicted molar refractivity (Wildman–Crippen MR) is 125 cm³/mol. The van der Waals surface area contributed by atoms with Gasteiger partial charge in [-0.2, -0.15) is 5.10 Å². The van der Waals surface area contributed by atoms with Crippen molar-refractivity contribution in [2.24, 2.45) is 0 Å². The lowest BCUT2D eigenvalue weighted by molar-refractivity contribution is 0.701. The third-order valence-electron chi connectivity index (χ3n) is 5.86. The van der Waals surface area contributed by atoms with E-state index in [0.29, 0.717) is 5.02 Å². The molecule has 0 unspecified atom stereocenters. The summed E-state index contributed by atoms with van der Waals surface area (Å²) < 4.78 is 0. The minimum atomic E-state index is 0.717. The van der Waals surface area contributed by atoms with E-state index in [-0.39, 0.29) is 0 Å². The van der Waals surface area contributed by atoms with Crippen LogP contribution in [0.3, 0.4) is 0 Å². The van der Waals surface area contributed by atoms with E-state index in [1.807, 2.05) is 31.2 Å². The van der Waals surface area contributed by atoms with Crippen molar-refractivity contribution >= 4 is 17.4 Å². The van der Waals surface area contributed by atoms with Gasteiger partial charge in [0, 0.05) is 59.0 Å². The molecule has 1 aliphatic rings. The minimum absolute atomic E-state index is 0.717. The maximum atomic E-state index is 6.24. The molecule has 0 bridgehead atoms. The van der Waals surface area contributed by atoms with Gasteiger partial charge in [0.2, 0.25) is 0 Å². The van der Waals surface area contributed by atoms with Crippen molar-refractivity contribution in [2.75, 3.05) is 11.4 Å². The van der Waals surface area contributed by atoms with Gasteiger partial charge < -0.3 is 4.90 Å². The molecule has 0 fully saturated rings. The lowest BCUT2D eigenvalue weighted by Crippen LogP contribution is -2.32. The highest BCUT2D eigenvalue weighted by Gasteiger charge is 2.26. The van der Waals surface area contributed by atoms with E-state index in [1.54, 1.807) is 0 Å². The number of halogens is 1. The number of aromatic amines is 1. The highest BCUT2D eigenvalue weighted by molar-refractivity contribution is 6.30. The number of hydrogen-bond acceptors (Lipinski definition) is 4. The molecular weight excluding hydrogens is 406 g/mol. The van der Waals surface area contributed by atoms with Gasteiger partial charge in [0.05, 0.1) is 5.69 Å². The number of fused-ring (bicyclic) bond motifs is 1. The summed E-state index contributed by atoms with van der Waals surface area (Å²) in [4.78, 5) is 11.9. The van der Waals surface area contributed by atoms with E-state index in [1.165, 1.54) is 22.4 Å². The van der Waals surface area contributed by atoms with Crippen molar-refractivity contribution in [1.82, 2.24) is 20.2 Å². The molecule has 0 saturated carbocycles. The molecule has 4 aromatic rings. The number of H-pyrrole nitrogens is 1. The second kappa shape index (κ2) is 8.16. The molecule has 0 amide bonds. The summed E-state index contributed by atoms with van der Waals surface area (Å²) in [6.07, 6.45) is 1.72. The van der Waals surface area contributed by atoms with Gasteiger partial charge >= 0.3 is 0 Å². The molecule has 0 radical (unpaired) electrons. The Bertz CT molecular complexity index is 1230. The first kappa shape index (κ1) is 19.8. The van der Waals surface area contributed by atoms with Crippen molar-refractivity contribution in [1.29, 1.82) is 0 Å². The molecule has 1 aliphatic heterocycles. The van der Waals surface area contributed by atoms with Crippen LogP contribution in [0.4, 0.5) is 5.82 Å². The molecule has 0 spiro atoms. The van der Waals surface area contributed by atoms with Gasteiger partial charge in [-0.25, -0.2) is 9.97 Å². The fourth-order valence-electron chi connectivity index (χ4n) is 4.34. The number of nitrogens with zero attached hydrogens (tertiary/aromatic N) is 4. The fraction of sp³-hybridized carbons (Fsp3) is 0.240. The van der Waals surface area contributed by atoms with Gasteiger partial charge in [-0.15, -0.1) is 0 Å². The van der Waals surface area contributed by atoms with Crippen molar-refractivity contribution < 1.29 is 0 Å². The van der Waals surface area contributed by atoms with E-state index in [9.17, 15) is 0 Å². The average molecular weight is 430 g/mol. The zero-order valence-electron chi connectivity index (χ0n) is 17.7. The Hall–Kier alpha value is -3.18. The van der Waals surface area contributed by atoms with Gasteiger partial charge in [-0.05, 0) is 31.5 Å². The van der Waals surface area contributed by atoms with Crippen LogP contribution in [0, 0.1) is 13.8 Å². The van der Waals surface area contributed by atoms with Crippen molar-refractivity contribution in [3.63, 3.8) is 0 Å². The largest absolute Gasteiger partial charge is 0.351 e. The van der Waals surface area contributed by atoms with Crippen LogP contribution in [-0.2, 0) is 19.4 Å². The fourth-order valence-corrected chi connectivity index (χ4v) is 4.53. The Balaban J connectivity index is 1.53. The number of nitrogens with one attached hydrogen (secondary N) is 1. The first-order valence-electron chi connectivity index (χ1n) is 10.5. The van der Waals surface area contributed by atoms with Crippen molar-refractivity contribution in [2.45, 2.75) is 33.2 Å². The van der Waals surface area contributed by atoms with Crippen molar-refractivity contribution in [3.8, 4) is 11.3 Å². The first-order valence-corrected chi connectivity index (χ1v) is 10.9. The summed E-state index contributed by atoms with van der Waals surface area (Å²) in [7, 11) is 0. The first-order chi connectivity index (χ1) is 15.1. The van der Waals surface area contributed by atoms with E-state index in [2.05, 4.69) is 57.3 Å². The van der Waals surface area contributed by atoms with Crippen LogP contribution in [0.2, 0.25) is 5.02 Å². The number of anilines is 1.